The Morgan fingerprint density at radius 2 is 2.14 bits per heavy atom. The topological polar surface area (TPSA) is 104 Å². The fraction of sp³-hybridized carbons (Fsp3) is 0.381. The quantitative estimate of drug-likeness (QED) is 0.710. The minimum Gasteiger partial charge on any atom is -0.488 e. The molecule has 1 aliphatic rings. The molecule has 0 bridgehead atoms. The molecule has 3 N–H and O–H groups in total. The molecule has 1 aromatic heterocycles. The lowest BCUT2D eigenvalue weighted by Crippen LogP contribution is -2.41. The standard InChI is InChI=1S/C21H24ClN3O4/c1-12(2)9-21(3,29-20(23)27)11-28-17-5-4-13(8-15(17)22)14-6-7-24-16-10-25-19(26)18(14)16/h4-8,12H,9-11H2,1-3H3,(H2,23,27)(H,25,26)/t21-/m0/s1. The van der Waals surface area contributed by atoms with Crippen molar-refractivity contribution in [1.29, 1.82) is 0 Å². The zero-order valence-corrected chi connectivity index (χ0v) is 17.4. The van der Waals surface area contributed by atoms with Crippen LogP contribution in [0.4, 0.5) is 4.79 Å². The van der Waals surface area contributed by atoms with E-state index < -0.39 is 11.7 Å². The van der Waals surface area contributed by atoms with Gasteiger partial charge in [-0.25, -0.2) is 4.79 Å². The predicted molar refractivity (Wildman–Crippen MR) is 110 cm³/mol. The number of carbonyl (C=O) groups is 2. The van der Waals surface area contributed by atoms with Gasteiger partial charge in [-0.05, 0) is 48.6 Å². The number of rotatable bonds is 7. The van der Waals surface area contributed by atoms with Gasteiger partial charge in [0.05, 0.1) is 22.8 Å². The second-order valence-electron chi connectivity index (χ2n) is 7.77. The number of halogens is 1. The molecule has 29 heavy (non-hydrogen) atoms. The zero-order valence-electron chi connectivity index (χ0n) is 16.6. The molecule has 1 aromatic carbocycles. The first-order valence-electron chi connectivity index (χ1n) is 9.36. The molecule has 7 nitrogen and oxygen atoms in total. The van der Waals surface area contributed by atoms with E-state index in [-0.39, 0.29) is 18.4 Å². The highest BCUT2D eigenvalue weighted by molar-refractivity contribution is 6.32. The van der Waals surface area contributed by atoms with Crippen molar-refractivity contribution in [3.05, 3.63) is 46.7 Å². The van der Waals surface area contributed by atoms with E-state index >= 15 is 0 Å². The van der Waals surface area contributed by atoms with E-state index in [2.05, 4.69) is 10.3 Å². The van der Waals surface area contributed by atoms with E-state index in [0.717, 1.165) is 16.8 Å². The van der Waals surface area contributed by atoms with Gasteiger partial charge in [-0.2, -0.15) is 0 Å². The lowest BCUT2D eigenvalue weighted by atomic mass is 9.95. The highest BCUT2D eigenvalue weighted by atomic mass is 35.5. The molecule has 0 saturated carbocycles. The van der Waals surface area contributed by atoms with Gasteiger partial charge in [0.25, 0.3) is 5.91 Å². The summed E-state index contributed by atoms with van der Waals surface area (Å²) in [6, 6.07) is 7.09. The summed E-state index contributed by atoms with van der Waals surface area (Å²) in [6.07, 6.45) is 1.41. The second-order valence-corrected chi connectivity index (χ2v) is 8.17. The molecule has 0 fully saturated rings. The lowest BCUT2D eigenvalue weighted by Gasteiger charge is -2.30. The summed E-state index contributed by atoms with van der Waals surface area (Å²) in [4.78, 5) is 27.7. The number of aromatic nitrogens is 1. The summed E-state index contributed by atoms with van der Waals surface area (Å²) < 4.78 is 11.1. The summed E-state index contributed by atoms with van der Waals surface area (Å²) in [6.45, 7) is 6.35. The van der Waals surface area contributed by atoms with Gasteiger partial charge in [-0.15, -0.1) is 0 Å². The minimum absolute atomic E-state index is 0.111. The third-order valence-electron chi connectivity index (χ3n) is 4.64. The number of nitrogens with one attached hydrogen (secondary N) is 1. The van der Waals surface area contributed by atoms with Crippen molar-refractivity contribution in [1.82, 2.24) is 10.3 Å². The zero-order chi connectivity index (χ0) is 21.2. The van der Waals surface area contributed by atoms with Crippen LogP contribution < -0.4 is 15.8 Å². The number of pyridine rings is 1. The first-order chi connectivity index (χ1) is 13.7. The van der Waals surface area contributed by atoms with Crippen LogP contribution in [0.25, 0.3) is 11.1 Å². The van der Waals surface area contributed by atoms with Crippen LogP contribution in [0.3, 0.4) is 0 Å². The predicted octanol–water partition coefficient (Wildman–Crippen LogP) is 3.92. The number of benzene rings is 1. The van der Waals surface area contributed by atoms with Crippen LogP contribution >= 0.6 is 11.6 Å². The Morgan fingerprint density at radius 3 is 2.79 bits per heavy atom. The average molecular weight is 418 g/mol. The van der Waals surface area contributed by atoms with Gasteiger partial charge in [0, 0.05) is 6.20 Å². The number of hydrogen-bond acceptors (Lipinski definition) is 5. The molecule has 0 saturated heterocycles. The van der Waals surface area contributed by atoms with Gasteiger partial charge >= 0.3 is 6.09 Å². The van der Waals surface area contributed by atoms with Crippen LogP contribution in [0.15, 0.2) is 30.5 Å². The van der Waals surface area contributed by atoms with Crippen molar-refractivity contribution in [2.75, 3.05) is 6.61 Å². The molecular weight excluding hydrogens is 394 g/mol. The number of amides is 2. The van der Waals surface area contributed by atoms with Gasteiger partial charge in [0.15, 0.2) is 0 Å². The van der Waals surface area contributed by atoms with E-state index in [1.165, 1.54) is 0 Å². The molecule has 0 aliphatic carbocycles. The maximum Gasteiger partial charge on any atom is 0.405 e. The summed E-state index contributed by atoms with van der Waals surface area (Å²) in [5.41, 5.74) is 7.18. The first-order valence-corrected chi connectivity index (χ1v) is 9.73. The van der Waals surface area contributed by atoms with Crippen molar-refractivity contribution in [2.24, 2.45) is 11.7 Å². The Labute approximate surface area is 174 Å². The van der Waals surface area contributed by atoms with Gasteiger partial charge in [-0.3, -0.25) is 9.78 Å². The molecule has 2 amide bonds. The second kappa shape index (κ2) is 8.29. The number of fused-ring (bicyclic) bond motifs is 1. The van der Waals surface area contributed by atoms with Crippen LogP contribution in [-0.4, -0.2) is 29.2 Å². The summed E-state index contributed by atoms with van der Waals surface area (Å²) in [7, 11) is 0. The van der Waals surface area contributed by atoms with E-state index in [1.54, 1.807) is 31.3 Å². The molecular formula is C21H24ClN3O4. The highest BCUT2D eigenvalue weighted by Gasteiger charge is 2.31. The van der Waals surface area contributed by atoms with Crippen LogP contribution in [0.5, 0.6) is 5.75 Å². The maximum atomic E-state index is 12.1. The molecule has 154 valence electrons. The van der Waals surface area contributed by atoms with Gasteiger partial charge in [0.1, 0.15) is 18.0 Å². The SMILES string of the molecule is CC(C)C[C@@](C)(COc1ccc(-c2ccnc3c2C(=O)NC3)cc1Cl)OC(N)=O. The first kappa shape index (κ1) is 20.9. The highest BCUT2D eigenvalue weighted by Crippen LogP contribution is 2.34. The van der Waals surface area contributed by atoms with E-state index in [0.29, 0.717) is 29.3 Å². The van der Waals surface area contributed by atoms with E-state index in [4.69, 9.17) is 26.8 Å². The Balaban J connectivity index is 1.81. The number of ether oxygens (including phenoxy) is 2. The molecule has 1 aliphatic heterocycles. The summed E-state index contributed by atoms with van der Waals surface area (Å²) in [5, 5.41) is 3.16. The summed E-state index contributed by atoms with van der Waals surface area (Å²) in [5.74, 6) is 0.585. The molecule has 2 aromatic rings. The van der Waals surface area contributed by atoms with Crippen molar-refractivity contribution >= 4 is 23.6 Å². The van der Waals surface area contributed by atoms with Crippen LogP contribution in [-0.2, 0) is 11.3 Å². The van der Waals surface area contributed by atoms with Gasteiger partial charge in [-0.1, -0.05) is 31.5 Å². The van der Waals surface area contributed by atoms with Crippen LogP contribution in [0.1, 0.15) is 43.2 Å². The third kappa shape index (κ3) is 4.79. The minimum atomic E-state index is -0.869. The Hall–Kier alpha value is -2.80. The molecule has 0 spiro atoms. The Bertz CT molecular complexity index is 948. The smallest absolute Gasteiger partial charge is 0.405 e. The van der Waals surface area contributed by atoms with Crippen molar-refractivity contribution in [3.8, 4) is 16.9 Å². The van der Waals surface area contributed by atoms with Crippen LogP contribution in [0, 0.1) is 5.92 Å². The summed E-state index contributed by atoms with van der Waals surface area (Å²) >= 11 is 6.43. The molecule has 3 rings (SSSR count). The Morgan fingerprint density at radius 1 is 1.38 bits per heavy atom. The lowest BCUT2D eigenvalue weighted by molar-refractivity contribution is -0.0186. The number of nitrogens with zero attached hydrogens (tertiary/aromatic N) is 1. The fourth-order valence-electron chi connectivity index (χ4n) is 3.64. The van der Waals surface area contributed by atoms with Crippen molar-refractivity contribution in [3.63, 3.8) is 0 Å². The molecule has 1 atom stereocenters. The van der Waals surface area contributed by atoms with Gasteiger partial charge < -0.3 is 20.5 Å². The number of carbonyl (C=O) groups excluding carboxylic acids is 2. The third-order valence-corrected chi connectivity index (χ3v) is 4.93. The average Bonchev–Trinajstić information content (AvgIpc) is 3.00. The largest absolute Gasteiger partial charge is 0.488 e. The molecule has 8 heteroatoms. The fourth-order valence-corrected chi connectivity index (χ4v) is 3.87. The number of nitrogens with two attached hydrogens (primary N) is 1. The molecule has 2 heterocycles. The molecule has 0 unspecified atom stereocenters. The van der Waals surface area contributed by atoms with Crippen molar-refractivity contribution < 1.29 is 19.1 Å². The maximum absolute atomic E-state index is 12.1. The van der Waals surface area contributed by atoms with Crippen molar-refractivity contribution in [2.45, 2.75) is 39.3 Å². The van der Waals surface area contributed by atoms with E-state index in [1.807, 2.05) is 19.9 Å². The Kier molecular flexibility index (Phi) is 5.98. The van der Waals surface area contributed by atoms with E-state index in [9.17, 15) is 9.59 Å². The van der Waals surface area contributed by atoms with Gasteiger partial charge in [0.2, 0.25) is 0 Å². The molecule has 0 radical (unpaired) electrons. The monoisotopic (exact) mass is 417 g/mol. The number of hydrogen-bond donors (Lipinski definition) is 2. The number of primary amides is 1. The normalized spacial score (nSPS) is 14.9. The van der Waals surface area contributed by atoms with Crippen LogP contribution in [0.2, 0.25) is 5.02 Å².